The second-order valence-electron chi connectivity index (χ2n) is 4.32. The molecule has 1 rings (SSSR count). The minimum atomic E-state index is -1.54. The Morgan fingerprint density at radius 2 is 2.00 bits per heavy atom. The number of carboxylic acid groups (broad SMARTS) is 1. The van der Waals surface area contributed by atoms with E-state index in [2.05, 4.69) is 0 Å². The minimum Gasteiger partial charge on any atom is -0.497 e. The largest absolute Gasteiger partial charge is 0.497 e. The van der Waals surface area contributed by atoms with Crippen molar-refractivity contribution in [2.45, 2.75) is 24.8 Å². The Balaban J connectivity index is 2.47. The predicted octanol–water partition coefficient (Wildman–Crippen LogP) is 0.792. The molecule has 18 heavy (non-hydrogen) atoms. The fraction of sp³-hybridized carbons (Fsp3) is 0.462. The van der Waals surface area contributed by atoms with Crippen molar-refractivity contribution in [1.29, 1.82) is 0 Å². The van der Waals surface area contributed by atoms with Crippen LogP contribution in [0.15, 0.2) is 24.3 Å². The van der Waals surface area contributed by atoms with E-state index >= 15 is 0 Å². The minimum absolute atomic E-state index is 0.241. The maximum absolute atomic E-state index is 10.9. The fourth-order valence-corrected chi connectivity index (χ4v) is 1.65. The summed E-state index contributed by atoms with van der Waals surface area (Å²) in [7, 11) is 1.60. The van der Waals surface area contributed by atoms with Gasteiger partial charge in [0.1, 0.15) is 11.3 Å². The van der Waals surface area contributed by atoms with Crippen molar-refractivity contribution in [1.82, 2.24) is 0 Å². The number of rotatable bonds is 7. The van der Waals surface area contributed by atoms with Crippen LogP contribution in [0.1, 0.15) is 18.4 Å². The molecule has 0 aliphatic rings. The lowest BCUT2D eigenvalue weighted by molar-refractivity contribution is -0.145. The number of carbonyl (C=O) groups is 1. The van der Waals surface area contributed by atoms with Crippen molar-refractivity contribution in [2.75, 3.05) is 13.7 Å². The summed E-state index contributed by atoms with van der Waals surface area (Å²) >= 11 is 0. The van der Waals surface area contributed by atoms with Crippen LogP contribution in [0.2, 0.25) is 0 Å². The van der Waals surface area contributed by atoms with Gasteiger partial charge in [-0.3, -0.25) is 4.79 Å². The van der Waals surface area contributed by atoms with Crippen LogP contribution in [0.3, 0.4) is 0 Å². The molecule has 0 spiro atoms. The lowest BCUT2D eigenvalue weighted by Gasteiger charge is -2.21. The first-order valence-corrected chi connectivity index (χ1v) is 5.78. The van der Waals surface area contributed by atoms with Crippen LogP contribution < -0.4 is 10.5 Å². The highest BCUT2D eigenvalue weighted by Crippen LogP contribution is 2.16. The number of benzene rings is 1. The van der Waals surface area contributed by atoms with Gasteiger partial charge >= 0.3 is 5.97 Å². The topological polar surface area (TPSA) is 92.8 Å². The first kappa shape index (κ1) is 14.5. The van der Waals surface area contributed by atoms with Gasteiger partial charge in [0.25, 0.3) is 0 Å². The number of aliphatic carboxylic acids is 1. The predicted molar refractivity (Wildman–Crippen MR) is 67.6 cm³/mol. The number of aliphatic hydroxyl groups is 1. The molecule has 0 aliphatic carbocycles. The third kappa shape index (κ3) is 3.72. The quantitative estimate of drug-likeness (QED) is 0.668. The summed E-state index contributed by atoms with van der Waals surface area (Å²) in [5.41, 5.74) is 5.13. The summed E-state index contributed by atoms with van der Waals surface area (Å²) in [4.78, 5) is 10.9. The monoisotopic (exact) mass is 253 g/mol. The van der Waals surface area contributed by atoms with Gasteiger partial charge in [0.2, 0.25) is 0 Å². The molecule has 100 valence electrons. The maximum atomic E-state index is 10.9. The van der Waals surface area contributed by atoms with E-state index in [1.54, 1.807) is 7.11 Å². The Bertz CT molecular complexity index is 390. The van der Waals surface area contributed by atoms with Gasteiger partial charge in [0, 0.05) is 0 Å². The molecular weight excluding hydrogens is 234 g/mol. The summed E-state index contributed by atoms with van der Waals surface area (Å²) in [5.74, 6) is -0.382. The number of carboxylic acids is 1. The molecule has 4 N–H and O–H groups in total. The lowest BCUT2D eigenvalue weighted by atomic mass is 9.93. The van der Waals surface area contributed by atoms with Gasteiger partial charge in [-0.05, 0) is 37.0 Å². The summed E-state index contributed by atoms with van der Waals surface area (Å²) in [6, 6.07) is 7.57. The number of methoxy groups -OCH3 is 1. The Hall–Kier alpha value is -1.59. The summed E-state index contributed by atoms with van der Waals surface area (Å²) < 4.78 is 5.05. The van der Waals surface area contributed by atoms with E-state index in [-0.39, 0.29) is 6.42 Å². The third-order valence-electron chi connectivity index (χ3n) is 2.96. The lowest BCUT2D eigenvalue weighted by Crippen LogP contribution is -2.51. The van der Waals surface area contributed by atoms with E-state index in [0.717, 1.165) is 17.7 Å². The molecule has 0 saturated heterocycles. The van der Waals surface area contributed by atoms with E-state index in [0.29, 0.717) is 6.42 Å². The molecule has 1 aromatic carbocycles. The van der Waals surface area contributed by atoms with E-state index in [4.69, 9.17) is 20.7 Å². The van der Waals surface area contributed by atoms with Crippen molar-refractivity contribution in [3.63, 3.8) is 0 Å². The van der Waals surface area contributed by atoms with Gasteiger partial charge in [0.15, 0.2) is 0 Å². The molecule has 5 nitrogen and oxygen atoms in total. The Kier molecular flexibility index (Phi) is 5.12. The number of hydrogen-bond acceptors (Lipinski definition) is 4. The molecule has 1 unspecified atom stereocenters. The van der Waals surface area contributed by atoms with Crippen molar-refractivity contribution >= 4 is 5.97 Å². The first-order valence-electron chi connectivity index (χ1n) is 5.78. The Morgan fingerprint density at radius 3 is 2.44 bits per heavy atom. The van der Waals surface area contributed by atoms with Gasteiger partial charge in [-0.1, -0.05) is 12.1 Å². The molecule has 1 atom stereocenters. The second kappa shape index (κ2) is 6.37. The fourth-order valence-electron chi connectivity index (χ4n) is 1.65. The standard InChI is InChI=1S/C13H19NO4/c1-18-11-6-4-10(5-7-11)3-2-8-13(14,9-15)12(16)17/h4-7,15H,2-3,8-9,14H2,1H3,(H,16,17). The number of ether oxygens (including phenoxy) is 1. The number of aryl methyl sites for hydroxylation is 1. The van der Waals surface area contributed by atoms with Crippen LogP contribution in [0, 0.1) is 0 Å². The van der Waals surface area contributed by atoms with Gasteiger partial charge in [-0.25, -0.2) is 0 Å². The average Bonchev–Trinajstić information content (AvgIpc) is 2.39. The smallest absolute Gasteiger partial charge is 0.326 e. The van der Waals surface area contributed by atoms with E-state index < -0.39 is 18.1 Å². The number of hydrogen-bond donors (Lipinski definition) is 3. The zero-order valence-corrected chi connectivity index (χ0v) is 10.4. The molecule has 0 heterocycles. The molecule has 5 heteroatoms. The molecule has 0 aromatic heterocycles. The first-order chi connectivity index (χ1) is 8.51. The van der Waals surface area contributed by atoms with Crippen LogP contribution in [0.5, 0.6) is 5.75 Å². The van der Waals surface area contributed by atoms with Crippen molar-refractivity contribution in [3.05, 3.63) is 29.8 Å². The summed E-state index contributed by atoms with van der Waals surface area (Å²) in [6.07, 6.45) is 1.57. The van der Waals surface area contributed by atoms with Gasteiger partial charge < -0.3 is 20.7 Å². The average molecular weight is 253 g/mol. The molecule has 0 bridgehead atoms. The van der Waals surface area contributed by atoms with Gasteiger partial charge in [-0.2, -0.15) is 0 Å². The molecular formula is C13H19NO4. The molecule has 0 aliphatic heterocycles. The molecule has 0 amide bonds. The van der Waals surface area contributed by atoms with Gasteiger partial charge in [0.05, 0.1) is 13.7 Å². The number of aliphatic hydroxyl groups excluding tert-OH is 1. The van der Waals surface area contributed by atoms with Crippen molar-refractivity contribution < 1.29 is 19.7 Å². The second-order valence-corrected chi connectivity index (χ2v) is 4.32. The van der Waals surface area contributed by atoms with Crippen LogP contribution in [0.4, 0.5) is 0 Å². The van der Waals surface area contributed by atoms with Crippen LogP contribution in [0.25, 0.3) is 0 Å². The maximum Gasteiger partial charge on any atom is 0.326 e. The van der Waals surface area contributed by atoms with E-state index in [1.165, 1.54) is 0 Å². The SMILES string of the molecule is COc1ccc(CCCC(N)(CO)C(=O)O)cc1. The highest BCUT2D eigenvalue weighted by molar-refractivity contribution is 5.78. The van der Waals surface area contributed by atoms with Crippen molar-refractivity contribution in [3.8, 4) is 5.75 Å². The zero-order chi connectivity index (χ0) is 13.6. The Morgan fingerprint density at radius 1 is 1.39 bits per heavy atom. The highest BCUT2D eigenvalue weighted by Gasteiger charge is 2.32. The number of nitrogens with two attached hydrogens (primary N) is 1. The molecule has 0 radical (unpaired) electrons. The van der Waals surface area contributed by atoms with E-state index in [1.807, 2.05) is 24.3 Å². The Labute approximate surface area is 106 Å². The third-order valence-corrected chi connectivity index (χ3v) is 2.96. The molecule has 0 fully saturated rings. The van der Waals surface area contributed by atoms with Gasteiger partial charge in [-0.15, -0.1) is 0 Å². The van der Waals surface area contributed by atoms with E-state index in [9.17, 15) is 4.79 Å². The molecule has 0 saturated carbocycles. The van der Waals surface area contributed by atoms with Crippen LogP contribution in [-0.4, -0.2) is 35.4 Å². The van der Waals surface area contributed by atoms with Crippen molar-refractivity contribution in [2.24, 2.45) is 5.73 Å². The normalized spacial score (nSPS) is 13.9. The highest BCUT2D eigenvalue weighted by atomic mass is 16.5. The summed E-state index contributed by atoms with van der Waals surface area (Å²) in [5, 5.41) is 17.9. The molecule has 1 aromatic rings. The summed E-state index contributed by atoms with van der Waals surface area (Å²) in [6.45, 7) is -0.551. The van der Waals surface area contributed by atoms with Crippen LogP contribution in [-0.2, 0) is 11.2 Å². The zero-order valence-electron chi connectivity index (χ0n) is 10.4. The van der Waals surface area contributed by atoms with Crippen LogP contribution >= 0.6 is 0 Å².